The molecule has 59 heavy (non-hydrogen) atoms. The molecule has 1 aromatic heterocycles. The molecule has 0 fully saturated rings. The Morgan fingerprint density at radius 3 is 1.10 bits per heavy atom. The Bertz CT molecular complexity index is 3120. The van der Waals surface area contributed by atoms with E-state index in [1.807, 2.05) is 0 Å². The first-order valence-electron chi connectivity index (χ1n) is 20.1. The van der Waals surface area contributed by atoms with Crippen LogP contribution in [0.2, 0.25) is 0 Å². The lowest BCUT2D eigenvalue weighted by Gasteiger charge is -2.17. The van der Waals surface area contributed by atoms with Crippen LogP contribution >= 0.6 is 0 Å². The molecule has 0 N–H and O–H groups in total. The van der Waals surface area contributed by atoms with Gasteiger partial charge in [0, 0.05) is 16.7 Å². The quantitative estimate of drug-likeness (QED) is 0.152. The summed E-state index contributed by atoms with van der Waals surface area (Å²) >= 11 is 0. The lowest BCUT2D eigenvalue weighted by molar-refractivity contribution is 0.621. The summed E-state index contributed by atoms with van der Waals surface area (Å²) < 4.78 is 6.98. The molecule has 0 atom stereocenters. The van der Waals surface area contributed by atoms with Gasteiger partial charge in [0.15, 0.2) is 5.58 Å². The molecular weight excluding hydrogens is 715 g/mol. The van der Waals surface area contributed by atoms with E-state index in [0.29, 0.717) is 5.89 Å². The zero-order chi connectivity index (χ0) is 39.1. The van der Waals surface area contributed by atoms with Gasteiger partial charge in [-0.15, -0.1) is 0 Å². The fraction of sp³-hybridized carbons (Fsp3) is 0. The molecule has 1 heterocycles. The summed E-state index contributed by atoms with van der Waals surface area (Å²) in [6.07, 6.45) is 0. The maximum atomic E-state index is 6.98. The number of rotatable bonds is 7. The Hall–Kier alpha value is -7.81. The molecule has 0 radical (unpaired) electrons. The third-order valence-corrected chi connectivity index (χ3v) is 11.6. The standard InChI is InChI=1S/C57H37NO/c1-4-18-38(19-5-1)43-24-10-12-26-45(43)51-36-37-52(46-27-13-11-25-44(46)39-20-6-2-7-21-39)56-55(51)58-57(59-56)42-34-32-41(33-35-42)54-49-30-16-14-28-47(49)53(40-22-8-3-9-23-40)48-29-15-17-31-50(48)54/h1-37H. The van der Waals surface area contributed by atoms with Crippen LogP contribution in [0.5, 0.6) is 0 Å². The van der Waals surface area contributed by atoms with Crippen LogP contribution in [-0.2, 0) is 0 Å². The van der Waals surface area contributed by atoms with Crippen LogP contribution in [0.25, 0.3) is 111 Å². The van der Waals surface area contributed by atoms with E-state index in [9.17, 15) is 0 Å². The fourth-order valence-electron chi connectivity index (χ4n) is 8.87. The van der Waals surface area contributed by atoms with Crippen molar-refractivity contribution in [3.05, 3.63) is 224 Å². The summed E-state index contributed by atoms with van der Waals surface area (Å²) in [7, 11) is 0. The summed E-state index contributed by atoms with van der Waals surface area (Å²) in [4.78, 5) is 5.36. The van der Waals surface area contributed by atoms with Crippen LogP contribution < -0.4 is 0 Å². The first-order chi connectivity index (χ1) is 29.3. The third kappa shape index (κ3) is 6.02. The molecule has 11 aromatic rings. The number of hydrogen-bond donors (Lipinski definition) is 0. The molecule has 0 aliphatic heterocycles. The van der Waals surface area contributed by atoms with Crippen molar-refractivity contribution in [2.45, 2.75) is 0 Å². The Kier molecular flexibility index (Phi) is 8.52. The van der Waals surface area contributed by atoms with Gasteiger partial charge in [-0.25, -0.2) is 4.98 Å². The van der Waals surface area contributed by atoms with Crippen molar-refractivity contribution in [2.75, 3.05) is 0 Å². The highest BCUT2D eigenvalue weighted by Gasteiger charge is 2.22. The highest BCUT2D eigenvalue weighted by Crippen LogP contribution is 2.46. The molecule has 0 bridgehead atoms. The molecule has 0 spiro atoms. The van der Waals surface area contributed by atoms with Crippen molar-refractivity contribution in [1.29, 1.82) is 0 Å². The largest absolute Gasteiger partial charge is 0.435 e. The second-order valence-electron chi connectivity index (χ2n) is 15.0. The number of hydrogen-bond acceptors (Lipinski definition) is 2. The number of aromatic nitrogens is 1. The van der Waals surface area contributed by atoms with E-state index in [1.54, 1.807) is 0 Å². The predicted octanol–water partition coefficient (Wildman–Crippen LogP) is 15.8. The molecule has 0 unspecified atom stereocenters. The van der Waals surface area contributed by atoms with Crippen LogP contribution in [0.3, 0.4) is 0 Å². The van der Waals surface area contributed by atoms with E-state index in [1.165, 1.54) is 38.2 Å². The van der Waals surface area contributed by atoms with Crippen molar-refractivity contribution in [3.63, 3.8) is 0 Å². The van der Waals surface area contributed by atoms with Gasteiger partial charge in [-0.1, -0.05) is 206 Å². The average Bonchev–Trinajstić information content (AvgIpc) is 3.77. The van der Waals surface area contributed by atoms with Gasteiger partial charge in [0.25, 0.3) is 0 Å². The van der Waals surface area contributed by atoms with Crippen LogP contribution in [0.1, 0.15) is 0 Å². The van der Waals surface area contributed by atoms with Crippen LogP contribution in [0.15, 0.2) is 229 Å². The van der Waals surface area contributed by atoms with E-state index < -0.39 is 0 Å². The molecule has 0 aliphatic rings. The normalized spacial score (nSPS) is 11.4. The van der Waals surface area contributed by atoms with Gasteiger partial charge in [0.1, 0.15) is 5.52 Å². The van der Waals surface area contributed by atoms with Crippen molar-refractivity contribution in [2.24, 2.45) is 0 Å². The monoisotopic (exact) mass is 751 g/mol. The van der Waals surface area contributed by atoms with Gasteiger partial charge in [0.05, 0.1) is 0 Å². The Labute approximate surface area is 343 Å². The van der Waals surface area contributed by atoms with Gasteiger partial charge >= 0.3 is 0 Å². The Morgan fingerprint density at radius 1 is 0.254 bits per heavy atom. The summed E-state index contributed by atoms with van der Waals surface area (Å²) in [5.41, 5.74) is 16.2. The third-order valence-electron chi connectivity index (χ3n) is 11.6. The van der Waals surface area contributed by atoms with Gasteiger partial charge < -0.3 is 4.42 Å². The minimum atomic E-state index is 0.587. The molecule has 276 valence electrons. The number of fused-ring (bicyclic) bond motifs is 3. The van der Waals surface area contributed by atoms with Gasteiger partial charge in [0.2, 0.25) is 5.89 Å². The lowest BCUT2D eigenvalue weighted by Crippen LogP contribution is -1.90. The maximum Gasteiger partial charge on any atom is 0.227 e. The molecule has 0 saturated carbocycles. The van der Waals surface area contributed by atoms with Crippen molar-refractivity contribution in [3.8, 4) is 78.2 Å². The molecule has 2 heteroatoms. The van der Waals surface area contributed by atoms with Gasteiger partial charge in [-0.2, -0.15) is 0 Å². The van der Waals surface area contributed by atoms with Crippen LogP contribution in [0.4, 0.5) is 0 Å². The maximum absolute atomic E-state index is 6.98. The van der Waals surface area contributed by atoms with E-state index in [0.717, 1.165) is 66.7 Å². The zero-order valence-corrected chi connectivity index (χ0v) is 32.2. The lowest BCUT2D eigenvalue weighted by atomic mass is 9.86. The number of oxazole rings is 1. The number of benzene rings is 10. The second-order valence-corrected chi connectivity index (χ2v) is 15.0. The van der Waals surface area contributed by atoms with E-state index >= 15 is 0 Å². The van der Waals surface area contributed by atoms with Crippen molar-refractivity contribution in [1.82, 2.24) is 4.98 Å². The van der Waals surface area contributed by atoms with Crippen molar-refractivity contribution >= 4 is 32.6 Å². The molecule has 0 saturated heterocycles. The highest BCUT2D eigenvalue weighted by atomic mass is 16.3. The minimum Gasteiger partial charge on any atom is -0.435 e. The van der Waals surface area contributed by atoms with Crippen molar-refractivity contribution < 1.29 is 4.42 Å². The van der Waals surface area contributed by atoms with Gasteiger partial charge in [-0.3, -0.25) is 0 Å². The van der Waals surface area contributed by atoms with Gasteiger partial charge in [-0.05, 0) is 95.4 Å². The summed E-state index contributed by atoms with van der Waals surface area (Å²) in [5, 5.41) is 4.93. The minimum absolute atomic E-state index is 0.587. The summed E-state index contributed by atoms with van der Waals surface area (Å²) in [5.74, 6) is 0.587. The molecule has 2 nitrogen and oxygen atoms in total. The summed E-state index contributed by atoms with van der Waals surface area (Å²) in [6.45, 7) is 0. The van der Waals surface area contributed by atoms with E-state index in [-0.39, 0.29) is 0 Å². The molecule has 0 amide bonds. The summed E-state index contributed by atoms with van der Waals surface area (Å²) in [6, 6.07) is 79.8. The predicted molar refractivity (Wildman–Crippen MR) is 247 cm³/mol. The van der Waals surface area contributed by atoms with Crippen LogP contribution in [0, 0.1) is 0 Å². The van der Waals surface area contributed by atoms with Crippen LogP contribution in [-0.4, -0.2) is 4.98 Å². The SMILES string of the molecule is c1ccc(-c2ccccc2-c2ccc(-c3ccccc3-c3ccccc3)c3oc(-c4ccc(-c5c6ccccc6c(-c6ccccc6)c6ccccc56)cc4)nc23)cc1. The number of nitrogens with zero attached hydrogens (tertiary/aromatic N) is 1. The van der Waals surface area contributed by atoms with E-state index in [4.69, 9.17) is 9.40 Å². The van der Waals surface area contributed by atoms with E-state index in [2.05, 4.69) is 224 Å². The molecular formula is C57H37NO. The second kappa shape index (κ2) is 14.6. The Morgan fingerprint density at radius 2 is 0.610 bits per heavy atom. The Balaban J connectivity index is 1.10. The first-order valence-corrected chi connectivity index (χ1v) is 20.1. The highest BCUT2D eigenvalue weighted by molar-refractivity contribution is 6.21. The first kappa shape index (κ1) is 34.4. The average molecular weight is 752 g/mol. The smallest absolute Gasteiger partial charge is 0.227 e. The topological polar surface area (TPSA) is 26.0 Å². The zero-order valence-electron chi connectivity index (χ0n) is 32.2. The molecule has 0 aliphatic carbocycles. The molecule has 10 aromatic carbocycles. The molecule has 11 rings (SSSR count). The fourth-order valence-corrected chi connectivity index (χ4v) is 8.87.